The minimum atomic E-state index is -0.898. The number of likely N-dealkylation sites (N-methyl/N-ethyl adjacent to an activating group) is 1. The first kappa shape index (κ1) is 12.9. The van der Waals surface area contributed by atoms with Gasteiger partial charge >= 0.3 is 5.76 Å². The average Bonchev–Trinajstić information content (AvgIpc) is 2.55. The molecule has 0 amide bonds. The third kappa shape index (κ3) is 2.07. The van der Waals surface area contributed by atoms with Crippen molar-refractivity contribution in [3.8, 4) is 0 Å². The number of fused-ring (bicyclic) bond motifs is 1. The zero-order valence-corrected chi connectivity index (χ0v) is 11.0. The molecule has 1 heterocycles. The molecule has 0 fully saturated rings. The first-order valence-corrected chi connectivity index (χ1v) is 5.83. The summed E-state index contributed by atoms with van der Waals surface area (Å²) in [5, 5.41) is 13.2. The predicted octanol–water partition coefficient (Wildman–Crippen LogP) is 1.16. The van der Waals surface area contributed by atoms with E-state index < -0.39 is 5.60 Å². The van der Waals surface area contributed by atoms with E-state index in [0.717, 1.165) is 11.1 Å². The van der Waals surface area contributed by atoms with E-state index in [1.807, 2.05) is 12.1 Å². The van der Waals surface area contributed by atoms with Crippen LogP contribution in [0.4, 0.5) is 0 Å². The minimum Gasteiger partial charge on any atom is -0.408 e. The number of nitrogens with zero attached hydrogens (tertiary/aromatic N) is 1. The van der Waals surface area contributed by atoms with E-state index in [1.54, 1.807) is 34.0 Å². The SMILES string of the molecule is CNC(c1ccc2oc(=O)n(C)c2c1)C(C)(C)O. The summed E-state index contributed by atoms with van der Waals surface area (Å²) in [7, 11) is 3.46. The molecule has 0 saturated heterocycles. The summed E-state index contributed by atoms with van der Waals surface area (Å²) in [5.41, 5.74) is 1.29. The molecule has 0 aliphatic rings. The largest absolute Gasteiger partial charge is 0.419 e. The number of aromatic nitrogens is 1. The molecule has 0 saturated carbocycles. The number of hydrogen-bond donors (Lipinski definition) is 2. The van der Waals surface area contributed by atoms with E-state index in [0.29, 0.717) is 5.58 Å². The summed E-state index contributed by atoms with van der Waals surface area (Å²) in [6.45, 7) is 3.49. The van der Waals surface area contributed by atoms with Crippen molar-refractivity contribution in [1.82, 2.24) is 9.88 Å². The Morgan fingerprint density at radius 2 is 2.11 bits per heavy atom. The fourth-order valence-corrected chi connectivity index (χ4v) is 2.25. The van der Waals surface area contributed by atoms with Crippen LogP contribution in [-0.2, 0) is 7.05 Å². The molecule has 1 unspecified atom stereocenters. The zero-order valence-electron chi connectivity index (χ0n) is 11.0. The van der Waals surface area contributed by atoms with Crippen LogP contribution in [-0.4, -0.2) is 22.3 Å². The Morgan fingerprint density at radius 1 is 1.44 bits per heavy atom. The number of hydrogen-bond acceptors (Lipinski definition) is 4. The van der Waals surface area contributed by atoms with Gasteiger partial charge in [0.15, 0.2) is 5.58 Å². The molecule has 0 bridgehead atoms. The van der Waals surface area contributed by atoms with Gasteiger partial charge in [-0.05, 0) is 38.6 Å². The first-order chi connectivity index (χ1) is 8.34. The summed E-state index contributed by atoms with van der Waals surface area (Å²) in [5.74, 6) is -0.383. The third-order valence-electron chi connectivity index (χ3n) is 3.14. The lowest BCUT2D eigenvalue weighted by molar-refractivity contribution is 0.0401. The predicted molar refractivity (Wildman–Crippen MR) is 69.6 cm³/mol. The van der Waals surface area contributed by atoms with E-state index in [1.165, 1.54) is 4.57 Å². The van der Waals surface area contributed by atoms with E-state index in [9.17, 15) is 9.90 Å². The van der Waals surface area contributed by atoms with Gasteiger partial charge in [-0.1, -0.05) is 6.07 Å². The lowest BCUT2D eigenvalue weighted by Gasteiger charge is -2.29. The molecule has 1 atom stereocenters. The standard InChI is InChI=1S/C13H18N2O3/c1-13(2,17)11(14-3)8-5-6-10-9(7-8)15(4)12(16)18-10/h5-7,11,14,17H,1-4H3. The number of benzene rings is 1. The van der Waals surface area contributed by atoms with Crippen LogP contribution in [0.2, 0.25) is 0 Å². The van der Waals surface area contributed by atoms with Crippen LogP contribution in [0.3, 0.4) is 0 Å². The normalized spacial score (nSPS) is 14.1. The summed E-state index contributed by atoms with van der Waals surface area (Å²) >= 11 is 0. The van der Waals surface area contributed by atoms with Crippen LogP contribution in [0, 0.1) is 0 Å². The van der Waals surface area contributed by atoms with Crippen molar-refractivity contribution in [2.75, 3.05) is 7.05 Å². The minimum absolute atomic E-state index is 0.216. The van der Waals surface area contributed by atoms with Gasteiger partial charge in [0.25, 0.3) is 0 Å². The van der Waals surface area contributed by atoms with Crippen molar-refractivity contribution < 1.29 is 9.52 Å². The molecule has 2 aromatic rings. The highest BCUT2D eigenvalue weighted by molar-refractivity contribution is 5.73. The highest BCUT2D eigenvalue weighted by Crippen LogP contribution is 2.27. The highest BCUT2D eigenvalue weighted by atomic mass is 16.4. The summed E-state index contributed by atoms with van der Waals surface area (Å²) in [6.07, 6.45) is 0. The van der Waals surface area contributed by atoms with Gasteiger partial charge in [0.2, 0.25) is 0 Å². The fourth-order valence-electron chi connectivity index (χ4n) is 2.25. The number of rotatable bonds is 3. The van der Waals surface area contributed by atoms with Crippen LogP contribution in [0.25, 0.3) is 11.1 Å². The summed E-state index contributed by atoms with van der Waals surface area (Å²) < 4.78 is 6.53. The Morgan fingerprint density at radius 3 is 2.67 bits per heavy atom. The molecule has 2 rings (SSSR count). The van der Waals surface area contributed by atoms with E-state index >= 15 is 0 Å². The van der Waals surface area contributed by atoms with Crippen molar-refractivity contribution in [1.29, 1.82) is 0 Å². The number of aliphatic hydroxyl groups is 1. The van der Waals surface area contributed by atoms with Crippen molar-refractivity contribution in [3.63, 3.8) is 0 Å². The Hall–Kier alpha value is -1.59. The number of aryl methyl sites for hydroxylation is 1. The lowest BCUT2D eigenvalue weighted by Crippen LogP contribution is -2.37. The van der Waals surface area contributed by atoms with Gasteiger partial charge in [-0.25, -0.2) is 4.79 Å². The second-order valence-electron chi connectivity index (χ2n) is 5.03. The molecular weight excluding hydrogens is 232 g/mol. The number of oxazole rings is 1. The third-order valence-corrected chi connectivity index (χ3v) is 3.14. The quantitative estimate of drug-likeness (QED) is 0.858. The van der Waals surface area contributed by atoms with Gasteiger partial charge < -0.3 is 14.8 Å². The van der Waals surface area contributed by atoms with Crippen molar-refractivity contribution in [2.24, 2.45) is 7.05 Å². The molecule has 98 valence electrons. The maximum Gasteiger partial charge on any atom is 0.419 e. The molecule has 5 nitrogen and oxygen atoms in total. The van der Waals surface area contributed by atoms with Crippen molar-refractivity contribution >= 4 is 11.1 Å². The highest BCUT2D eigenvalue weighted by Gasteiger charge is 2.27. The van der Waals surface area contributed by atoms with Gasteiger partial charge in [0, 0.05) is 7.05 Å². The molecule has 1 aromatic heterocycles. The Kier molecular flexibility index (Phi) is 3.04. The van der Waals surface area contributed by atoms with Gasteiger partial charge in [0.1, 0.15) is 0 Å². The molecule has 18 heavy (non-hydrogen) atoms. The molecule has 0 radical (unpaired) electrons. The van der Waals surface area contributed by atoms with Crippen LogP contribution in [0.5, 0.6) is 0 Å². The maximum absolute atomic E-state index is 11.4. The second-order valence-corrected chi connectivity index (χ2v) is 5.03. The van der Waals surface area contributed by atoms with Gasteiger partial charge in [0.05, 0.1) is 17.2 Å². The number of nitrogens with one attached hydrogen (secondary N) is 1. The van der Waals surface area contributed by atoms with Gasteiger partial charge in [-0.2, -0.15) is 0 Å². The second kappa shape index (κ2) is 4.26. The van der Waals surface area contributed by atoms with Crippen LogP contribution < -0.4 is 11.1 Å². The van der Waals surface area contributed by atoms with E-state index in [4.69, 9.17) is 4.42 Å². The molecular formula is C13H18N2O3. The molecule has 0 spiro atoms. The monoisotopic (exact) mass is 250 g/mol. The smallest absolute Gasteiger partial charge is 0.408 e. The average molecular weight is 250 g/mol. The molecule has 0 aliphatic heterocycles. The lowest BCUT2D eigenvalue weighted by atomic mass is 9.92. The molecule has 2 N–H and O–H groups in total. The molecule has 5 heteroatoms. The van der Waals surface area contributed by atoms with Crippen LogP contribution in [0.15, 0.2) is 27.4 Å². The van der Waals surface area contributed by atoms with Crippen molar-refractivity contribution in [3.05, 3.63) is 34.3 Å². The van der Waals surface area contributed by atoms with Crippen LogP contribution in [0.1, 0.15) is 25.5 Å². The molecule has 1 aromatic carbocycles. The topological polar surface area (TPSA) is 67.4 Å². The van der Waals surface area contributed by atoms with Crippen LogP contribution >= 0.6 is 0 Å². The Labute approximate surface area is 105 Å². The van der Waals surface area contributed by atoms with E-state index in [-0.39, 0.29) is 11.8 Å². The summed E-state index contributed by atoms with van der Waals surface area (Å²) in [4.78, 5) is 11.4. The van der Waals surface area contributed by atoms with E-state index in [2.05, 4.69) is 5.32 Å². The Balaban J connectivity index is 2.59. The van der Waals surface area contributed by atoms with Gasteiger partial charge in [-0.15, -0.1) is 0 Å². The van der Waals surface area contributed by atoms with Gasteiger partial charge in [-0.3, -0.25) is 4.57 Å². The zero-order chi connectivity index (χ0) is 13.5. The fraction of sp³-hybridized carbons (Fsp3) is 0.462. The maximum atomic E-state index is 11.4. The Bertz CT molecular complexity index is 619. The first-order valence-electron chi connectivity index (χ1n) is 5.83. The van der Waals surface area contributed by atoms with Crippen molar-refractivity contribution in [2.45, 2.75) is 25.5 Å². The molecule has 0 aliphatic carbocycles. The summed E-state index contributed by atoms with van der Waals surface area (Å²) in [6, 6.07) is 5.25.